The van der Waals surface area contributed by atoms with Gasteiger partial charge in [0, 0.05) is 9.35 Å². The average molecular weight is 404 g/mol. The average Bonchev–Trinajstić information content (AvgIpc) is 2.58. The van der Waals surface area contributed by atoms with Crippen LogP contribution in [0.25, 0.3) is 0 Å². The fourth-order valence-electron chi connectivity index (χ4n) is 2.03. The molecule has 2 heterocycles. The Morgan fingerprint density at radius 2 is 2.12 bits per heavy atom. The van der Waals surface area contributed by atoms with Crippen molar-refractivity contribution in [2.45, 2.75) is 30.6 Å². The van der Waals surface area contributed by atoms with Crippen LogP contribution in [0.5, 0.6) is 0 Å². The van der Waals surface area contributed by atoms with E-state index in [0.717, 1.165) is 14.7 Å². The van der Waals surface area contributed by atoms with E-state index in [1.54, 1.807) is 6.07 Å². The quantitative estimate of drug-likeness (QED) is 0.824. The zero-order chi connectivity index (χ0) is 12.6. The first kappa shape index (κ1) is 14.0. The van der Waals surface area contributed by atoms with Gasteiger partial charge in [-0.25, -0.2) is 8.42 Å². The number of halogens is 2. The van der Waals surface area contributed by atoms with E-state index in [0.29, 0.717) is 17.7 Å². The van der Waals surface area contributed by atoms with Gasteiger partial charge in [-0.2, -0.15) is 0 Å². The van der Waals surface area contributed by atoms with Gasteiger partial charge >= 0.3 is 0 Å². The van der Waals surface area contributed by atoms with Gasteiger partial charge in [0.15, 0.2) is 9.84 Å². The van der Waals surface area contributed by atoms with Crippen LogP contribution in [-0.4, -0.2) is 24.5 Å². The maximum absolute atomic E-state index is 11.9. The standard InChI is InChI=1S/C10H12Br2O3S2/c11-6-5-7(16-10(6)12)9(13)8-3-1-2-4-17(8,14)15/h5,8-9,13H,1-4H2. The summed E-state index contributed by atoms with van der Waals surface area (Å²) in [5.74, 6) is 0.197. The zero-order valence-corrected chi connectivity index (χ0v) is 13.7. The van der Waals surface area contributed by atoms with E-state index < -0.39 is 21.2 Å². The molecule has 0 saturated carbocycles. The third-order valence-electron chi connectivity index (χ3n) is 2.94. The molecule has 0 aliphatic carbocycles. The molecule has 1 aromatic rings. The van der Waals surface area contributed by atoms with Gasteiger partial charge in [-0.3, -0.25) is 0 Å². The van der Waals surface area contributed by atoms with E-state index >= 15 is 0 Å². The molecule has 0 amide bonds. The molecule has 1 fully saturated rings. The topological polar surface area (TPSA) is 54.4 Å². The summed E-state index contributed by atoms with van der Waals surface area (Å²) in [5.41, 5.74) is 0. The van der Waals surface area contributed by atoms with E-state index in [-0.39, 0.29) is 5.75 Å². The van der Waals surface area contributed by atoms with Crippen molar-refractivity contribution in [2.75, 3.05) is 5.75 Å². The number of rotatable bonds is 2. The van der Waals surface area contributed by atoms with Gasteiger partial charge in [-0.1, -0.05) is 6.42 Å². The number of hydrogen-bond donors (Lipinski definition) is 1. The van der Waals surface area contributed by atoms with Crippen LogP contribution in [0.2, 0.25) is 0 Å². The van der Waals surface area contributed by atoms with Crippen molar-refractivity contribution in [3.63, 3.8) is 0 Å². The van der Waals surface area contributed by atoms with Crippen molar-refractivity contribution in [1.82, 2.24) is 0 Å². The second kappa shape index (κ2) is 5.28. The summed E-state index contributed by atoms with van der Waals surface area (Å²) in [7, 11) is -3.15. The first-order valence-electron chi connectivity index (χ1n) is 5.26. The molecule has 2 unspecified atom stereocenters. The molecule has 1 aromatic heterocycles. The van der Waals surface area contributed by atoms with Crippen LogP contribution in [0.1, 0.15) is 30.2 Å². The van der Waals surface area contributed by atoms with E-state index in [1.165, 1.54) is 11.3 Å². The molecule has 0 spiro atoms. The van der Waals surface area contributed by atoms with Gasteiger partial charge in [0.05, 0.1) is 14.8 Å². The van der Waals surface area contributed by atoms with Gasteiger partial charge in [0.2, 0.25) is 0 Å². The lowest BCUT2D eigenvalue weighted by atomic mass is 10.1. The van der Waals surface area contributed by atoms with Gasteiger partial charge in [0.1, 0.15) is 6.10 Å². The Balaban J connectivity index is 2.27. The van der Waals surface area contributed by atoms with Crippen molar-refractivity contribution in [2.24, 2.45) is 0 Å². The lowest BCUT2D eigenvalue weighted by molar-refractivity contribution is 0.168. The molecule has 0 aromatic carbocycles. The monoisotopic (exact) mass is 402 g/mol. The van der Waals surface area contributed by atoms with Crippen molar-refractivity contribution in [3.05, 3.63) is 19.2 Å². The Kier molecular flexibility index (Phi) is 4.35. The van der Waals surface area contributed by atoms with Crippen LogP contribution in [0.15, 0.2) is 14.3 Å². The predicted octanol–water partition coefficient (Wildman–Crippen LogP) is 3.27. The lowest BCUT2D eigenvalue weighted by Crippen LogP contribution is -2.33. The van der Waals surface area contributed by atoms with Gasteiger partial charge in [-0.05, 0) is 50.8 Å². The molecule has 7 heteroatoms. The van der Waals surface area contributed by atoms with Crippen LogP contribution < -0.4 is 0 Å². The van der Waals surface area contributed by atoms with Crippen molar-refractivity contribution < 1.29 is 13.5 Å². The van der Waals surface area contributed by atoms with Crippen LogP contribution in [0.3, 0.4) is 0 Å². The predicted molar refractivity (Wildman–Crippen MR) is 76.1 cm³/mol. The summed E-state index contributed by atoms with van der Waals surface area (Å²) in [6.07, 6.45) is 1.22. The highest BCUT2D eigenvalue weighted by Gasteiger charge is 2.36. The third-order valence-corrected chi connectivity index (χ3v) is 8.54. The SMILES string of the molecule is O=S1(=O)CCCCC1C(O)c1cc(Br)c(Br)s1. The highest BCUT2D eigenvalue weighted by atomic mass is 79.9. The molecule has 2 rings (SSSR count). The maximum Gasteiger partial charge on any atom is 0.156 e. The molecule has 17 heavy (non-hydrogen) atoms. The zero-order valence-electron chi connectivity index (χ0n) is 8.90. The normalized spacial score (nSPS) is 25.7. The number of aliphatic hydroxyl groups is 1. The second-order valence-corrected chi connectivity index (χ2v) is 9.71. The van der Waals surface area contributed by atoms with Gasteiger partial charge in [0.25, 0.3) is 0 Å². The molecule has 1 N–H and O–H groups in total. The van der Waals surface area contributed by atoms with Gasteiger partial charge in [-0.15, -0.1) is 11.3 Å². The summed E-state index contributed by atoms with van der Waals surface area (Å²) in [5, 5.41) is 9.56. The summed E-state index contributed by atoms with van der Waals surface area (Å²) in [6, 6.07) is 1.78. The van der Waals surface area contributed by atoms with E-state index in [2.05, 4.69) is 31.9 Å². The van der Waals surface area contributed by atoms with Crippen molar-refractivity contribution in [3.8, 4) is 0 Å². The molecule has 3 nitrogen and oxygen atoms in total. The minimum absolute atomic E-state index is 0.197. The minimum Gasteiger partial charge on any atom is -0.386 e. The molecule has 1 saturated heterocycles. The van der Waals surface area contributed by atoms with E-state index in [9.17, 15) is 13.5 Å². The highest BCUT2D eigenvalue weighted by Crippen LogP contribution is 2.39. The Hall–Kier alpha value is 0.570. The largest absolute Gasteiger partial charge is 0.386 e. The van der Waals surface area contributed by atoms with Crippen LogP contribution in [-0.2, 0) is 9.84 Å². The highest BCUT2D eigenvalue weighted by molar-refractivity contribution is 9.13. The molecule has 1 aliphatic rings. The Labute approximate surface area is 121 Å². The molecule has 0 radical (unpaired) electrons. The number of aliphatic hydroxyl groups excluding tert-OH is 1. The van der Waals surface area contributed by atoms with Crippen LogP contribution in [0.4, 0.5) is 0 Å². The summed E-state index contributed by atoms with van der Waals surface area (Å²) < 4.78 is 25.5. The maximum atomic E-state index is 11.9. The Morgan fingerprint density at radius 3 is 2.65 bits per heavy atom. The number of hydrogen-bond acceptors (Lipinski definition) is 4. The second-order valence-electron chi connectivity index (χ2n) is 4.12. The minimum atomic E-state index is -3.15. The fourth-order valence-corrected chi connectivity index (χ4v) is 6.23. The van der Waals surface area contributed by atoms with Crippen LogP contribution in [0, 0.1) is 0 Å². The number of sulfone groups is 1. The summed E-state index contributed by atoms with van der Waals surface area (Å²) >= 11 is 8.06. The molecule has 0 bridgehead atoms. The lowest BCUT2D eigenvalue weighted by Gasteiger charge is -2.25. The smallest absolute Gasteiger partial charge is 0.156 e. The fraction of sp³-hybridized carbons (Fsp3) is 0.600. The van der Waals surface area contributed by atoms with E-state index in [1.807, 2.05) is 0 Å². The Bertz CT molecular complexity index is 490. The third kappa shape index (κ3) is 2.94. The Morgan fingerprint density at radius 1 is 1.41 bits per heavy atom. The first-order valence-corrected chi connectivity index (χ1v) is 9.38. The van der Waals surface area contributed by atoms with Crippen molar-refractivity contribution >= 4 is 53.0 Å². The molecule has 96 valence electrons. The summed E-state index contributed by atoms with van der Waals surface area (Å²) in [4.78, 5) is 0.694. The van der Waals surface area contributed by atoms with Crippen molar-refractivity contribution in [1.29, 1.82) is 0 Å². The molecule has 1 aliphatic heterocycles. The summed E-state index contributed by atoms with van der Waals surface area (Å²) in [6.45, 7) is 0. The molecular weight excluding hydrogens is 392 g/mol. The molecule has 2 atom stereocenters. The van der Waals surface area contributed by atoms with Gasteiger partial charge < -0.3 is 5.11 Å². The van der Waals surface area contributed by atoms with E-state index in [4.69, 9.17) is 0 Å². The first-order chi connectivity index (χ1) is 7.92. The number of thiophene rings is 1. The van der Waals surface area contributed by atoms with Crippen LogP contribution >= 0.6 is 43.2 Å². The molecular formula is C10H12Br2O3S2.